The van der Waals surface area contributed by atoms with E-state index in [0.717, 1.165) is 3.57 Å². The van der Waals surface area contributed by atoms with Crippen LogP contribution < -0.4 is 16.2 Å². The average molecular weight is 357 g/mol. The van der Waals surface area contributed by atoms with E-state index < -0.39 is 10.0 Å². The van der Waals surface area contributed by atoms with Crippen molar-refractivity contribution in [1.82, 2.24) is 0 Å². The molecule has 0 saturated carbocycles. The summed E-state index contributed by atoms with van der Waals surface area (Å²) in [5.41, 5.74) is 5.54. The molecule has 5 nitrogen and oxygen atoms in total. The van der Waals surface area contributed by atoms with Gasteiger partial charge in [0.05, 0.1) is 5.69 Å². The summed E-state index contributed by atoms with van der Waals surface area (Å²) in [6, 6.07) is 4.72. The zero-order valence-electron chi connectivity index (χ0n) is 7.40. The van der Waals surface area contributed by atoms with Gasteiger partial charge in [0.25, 0.3) is 0 Å². The van der Waals surface area contributed by atoms with Crippen LogP contribution in [-0.4, -0.2) is 13.5 Å². The Balaban J connectivity index is 3.33. The topological polar surface area (TPSA) is 98.2 Å². The molecule has 0 saturated heterocycles. The number of halogens is 1. The van der Waals surface area contributed by atoms with E-state index in [1.54, 1.807) is 12.1 Å². The van der Waals surface area contributed by atoms with E-state index in [1.807, 2.05) is 22.6 Å². The molecule has 0 atom stereocenters. The number of rotatable bonds is 2. The number of benzene rings is 1. The molecule has 8 heteroatoms. The van der Waals surface area contributed by atoms with Crippen LogP contribution in [0.1, 0.15) is 0 Å². The van der Waals surface area contributed by atoms with Crippen molar-refractivity contribution in [2.75, 3.05) is 5.32 Å². The van der Waals surface area contributed by atoms with Crippen molar-refractivity contribution < 1.29 is 8.42 Å². The van der Waals surface area contributed by atoms with Crippen molar-refractivity contribution in [2.24, 2.45) is 10.9 Å². The molecule has 0 spiro atoms. The number of anilines is 1. The first-order chi connectivity index (χ1) is 6.80. The molecule has 0 aliphatic rings. The fraction of sp³-hybridized carbons (Fsp3) is 0. The summed E-state index contributed by atoms with van der Waals surface area (Å²) in [7, 11) is -3.78. The standard InChI is InChI=1S/C7H8IN3O2S2/c8-4-1-2-5(11-7(9)14)6(3-4)15(10,12)13/h1-3H,(H3,9,11,14)(H2,10,12,13). The summed E-state index contributed by atoms with van der Waals surface area (Å²) < 4.78 is 23.2. The second kappa shape index (κ2) is 4.60. The number of nitrogens with one attached hydrogen (secondary N) is 1. The lowest BCUT2D eigenvalue weighted by molar-refractivity contribution is 0.598. The van der Waals surface area contributed by atoms with Crippen molar-refractivity contribution in [2.45, 2.75) is 4.90 Å². The lowest BCUT2D eigenvalue weighted by Gasteiger charge is -2.09. The van der Waals surface area contributed by atoms with E-state index in [9.17, 15) is 8.42 Å². The van der Waals surface area contributed by atoms with Crippen LogP contribution in [0.5, 0.6) is 0 Å². The number of thiocarbonyl (C=S) groups is 1. The highest BCUT2D eigenvalue weighted by molar-refractivity contribution is 14.1. The molecule has 1 rings (SSSR count). The Hall–Kier alpha value is -0.450. The minimum atomic E-state index is -3.78. The maximum absolute atomic E-state index is 11.2. The van der Waals surface area contributed by atoms with Gasteiger partial charge in [-0.2, -0.15) is 0 Å². The first kappa shape index (κ1) is 12.6. The lowest BCUT2D eigenvalue weighted by atomic mass is 10.3. The molecule has 1 aromatic rings. The van der Waals surface area contributed by atoms with Crippen LogP contribution >= 0.6 is 34.8 Å². The van der Waals surface area contributed by atoms with Crippen LogP contribution in [0.3, 0.4) is 0 Å². The summed E-state index contributed by atoms with van der Waals surface area (Å²) in [6.45, 7) is 0. The van der Waals surface area contributed by atoms with Gasteiger partial charge in [0.2, 0.25) is 10.0 Å². The summed E-state index contributed by atoms with van der Waals surface area (Å²) in [5.74, 6) is 0. The monoisotopic (exact) mass is 357 g/mol. The predicted molar refractivity (Wildman–Crippen MR) is 70.9 cm³/mol. The Labute approximate surface area is 106 Å². The van der Waals surface area contributed by atoms with E-state index in [1.165, 1.54) is 6.07 Å². The summed E-state index contributed by atoms with van der Waals surface area (Å²) in [5, 5.41) is 7.59. The van der Waals surface area contributed by atoms with Crippen LogP contribution in [0.15, 0.2) is 23.1 Å². The van der Waals surface area contributed by atoms with Gasteiger partial charge in [-0.1, -0.05) is 0 Å². The second-order valence-electron chi connectivity index (χ2n) is 2.67. The quantitative estimate of drug-likeness (QED) is 0.532. The number of primary sulfonamides is 1. The minimum absolute atomic E-state index is 0.0129. The van der Waals surface area contributed by atoms with E-state index in [2.05, 4.69) is 17.5 Å². The predicted octanol–water partition coefficient (Wildman–Crippen LogP) is 0.594. The van der Waals surface area contributed by atoms with Gasteiger partial charge < -0.3 is 11.1 Å². The van der Waals surface area contributed by atoms with Gasteiger partial charge in [-0.05, 0) is 53.0 Å². The Morgan fingerprint density at radius 3 is 2.53 bits per heavy atom. The highest BCUT2D eigenvalue weighted by atomic mass is 127. The number of nitrogens with two attached hydrogens (primary N) is 2. The van der Waals surface area contributed by atoms with Crippen LogP contribution in [0, 0.1) is 3.57 Å². The lowest BCUT2D eigenvalue weighted by Crippen LogP contribution is -2.22. The van der Waals surface area contributed by atoms with Crippen molar-refractivity contribution in [3.05, 3.63) is 21.8 Å². The molecule has 1 aromatic carbocycles. The molecule has 0 bridgehead atoms. The highest BCUT2D eigenvalue weighted by Gasteiger charge is 2.14. The van der Waals surface area contributed by atoms with Gasteiger partial charge in [-0.15, -0.1) is 0 Å². The highest BCUT2D eigenvalue weighted by Crippen LogP contribution is 2.22. The average Bonchev–Trinajstić information content (AvgIpc) is 2.05. The van der Waals surface area contributed by atoms with Crippen LogP contribution in [0.25, 0.3) is 0 Å². The van der Waals surface area contributed by atoms with Gasteiger partial charge in [0.1, 0.15) is 4.90 Å². The molecule has 0 fully saturated rings. The maximum Gasteiger partial charge on any atom is 0.240 e. The van der Waals surface area contributed by atoms with Gasteiger partial charge in [-0.25, -0.2) is 13.6 Å². The molecule has 0 aliphatic heterocycles. The Morgan fingerprint density at radius 2 is 2.07 bits per heavy atom. The summed E-state index contributed by atoms with van der Waals surface area (Å²) >= 11 is 6.61. The molecule has 15 heavy (non-hydrogen) atoms. The number of hydrogen-bond donors (Lipinski definition) is 3. The summed E-state index contributed by atoms with van der Waals surface area (Å²) in [6.07, 6.45) is 0. The normalized spacial score (nSPS) is 11.1. The molecular weight excluding hydrogens is 349 g/mol. The van der Waals surface area contributed by atoms with E-state index in [4.69, 9.17) is 10.9 Å². The minimum Gasteiger partial charge on any atom is -0.376 e. The SMILES string of the molecule is NC(=S)Nc1ccc(I)cc1S(N)(=O)=O. The van der Waals surface area contributed by atoms with Crippen LogP contribution in [0.2, 0.25) is 0 Å². The Bertz CT molecular complexity index is 501. The first-order valence-corrected chi connectivity index (χ1v) is 6.73. The molecule has 0 unspecified atom stereocenters. The van der Waals surface area contributed by atoms with Crippen molar-refractivity contribution in [3.63, 3.8) is 0 Å². The Kier molecular flexibility index (Phi) is 3.87. The van der Waals surface area contributed by atoms with Crippen molar-refractivity contribution >= 4 is 55.6 Å². The molecule has 5 N–H and O–H groups in total. The van der Waals surface area contributed by atoms with E-state index in [-0.39, 0.29) is 15.7 Å². The van der Waals surface area contributed by atoms with Crippen molar-refractivity contribution in [3.8, 4) is 0 Å². The molecule has 0 heterocycles. The third-order valence-electron chi connectivity index (χ3n) is 1.51. The van der Waals surface area contributed by atoms with Gasteiger partial charge in [0.15, 0.2) is 5.11 Å². The van der Waals surface area contributed by atoms with E-state index in [0.29, 0.717) is 0 Å². The number of hydrogen-bond acceptors (Lipinski definition) is 3. The third kappa shape index (κ3) is 3.55. The maximum atomic E-state index is 11.2. The first-order valence-electron chi connectivity index (χ1n) is 3.69. The third-order valence-corrected chi connectivity index (χ3v) is 3.23. The van der Waals surface area contributed by atoms with Gasteiger partial charge in [0, 0.05) is 3.57 Å². The van der Waals surface area contributed by atoms with Crippen molar-refractivity contribution in [1.29, 1.82) is 0 Å². The van der Waals surface area contributed by atoms with E-state index >= 15 is 0 Å². The number of sulfonamides is 1. The van der Waals surface area contributed by atoms with Crippen LogP contribution in [0.4, 0.5) is 5.69 Å². The molecule has 0 radical (unpaired) electrons. The molecule has 82 valence electrons. The molecule has 0 aliphatic carbocycles. The fourth-order valence-electron chi connectivity index (χ4n) is 0.968. The zero-order chi connectivity index (χ0) is 11.6. The smallest absolute Gasteiger partial charge is 0.240 e. The zero-order valence-corrected chi connectivity index (χ0v) is 11.2. The Morgan fingerprint density at radius 1 is 1.47 bits per heavy atom. The van der Waals surface area contributed by atoms with Crippen LogP contribution in [-0.2, 0) is 10.0 Å². The molecule has 0 amide bonds. The second-order valence-corrected chi connectivity index (χ2v) is 5.89. The molecular formula is C7H8IN3O2S2. The summed E-state index contributed by atoms with van der Waals surface area (Å²) in [4.78, 5) is -0.0257. The van der Waals surface area contributed by atoms with Gasteiger partial charge in [-0.3, -0.25) is 0 Å². The molecule has 0 aromatic heterocycles. The fourth-order valence-corrected chi connectivity index (χ4v) is 2.50. The van der Waals surface area contributed by atoms with Gasteiger partial charge >= 0.3 is 0 Å². The largest absolute Gasteiger partial charge is 0.376 e.